The minimum Gasteiger partial charge on any atom is -0.273 e. The Bertz CT molecular complexity index is 674. The Morgan fingerprint density at radius 3 is 2.70 bits per heavy atom. The lowest BCUT2D eigenvalue weighted by molar-refractivity contribution is -0.127. The molecule has 1 heterocycles. The molecule has 1 aliphatic carbocycles. The highest BCUT2D eigenvalue weighted by molar-refractivity contribution is 7.89. The van der Waals surface area contributed by atoms with Crippen LogP contribution in [0.1, 0.15) is 24.3 Å². The number of amides is 1. The SMILES string of the molecule is O=C([C@@H]1C[C@@H]1c1cc(F)ccc1F)N1CCCS1(=O)=O. The second kappa shape index (κ2) is 4.51. The van der Waals surface area contributed by atoms with Crippen molar-refractivity contribution >= 4 is 15.9 Å². The van der Waals surface area contributed by atoms with Crippen molar-refractivity contribution in [3.05, 3.63) is 35.4 Å². The molecule has 20 heavy (non-hydrogen) atoms. The first kappa shape index (κ1) is 13.5. The molecule has 7 heteroatoms. The van der Waals surface area contributed by atoms with E-state index in [9.17, 15) is 22.0 Å². The van der Waals surface area contributed by atoms with E-state index in [0.717, 1.165) is 22.5 Å². The number of hydrogen-bond donors (Lipinski definition) is 0. The average Bonchev–Trinajstić information content (AvgIpc) is 3.09. The molecule has 1 aliphatic heterocycles. The normalized spacial score (nSPS) is 27.6. The van der Waals surface area contributed by atoms with Crippen molar-refractivity contribution in [3.63, 3.8) is 0 Å². The van der Waals surface area contributed by atoms with Crippen LogP contribution in [0.4, 0.5) is 8.78 Å². The fourth-order valence-corrected chi connectivity index (χ4v) is 4.21. The molecule has 1 aromatic rings. The maximum Gasteiger partial charge on any atom is 0.239 e. The van der Waals surface area contributed by atoms with Crippen molar-refractivity contribution in [2.45, 2.75) is 18.8 Å². The van der Waals surface area contributed by atoms with Gasteiger partial charge in [-0.2, -0.15) is 0 Å². The predicted octanol–water partition coefficient (Wildman–Crippen LogP) is 1.63. The molecule has 0 aromatic heterocycles. The number of halogens is 2. The van der Waals surface area contributed by atoms with Crippen LogP contribution in [-0.4, -0.2) is 30.9 Å². The van der Waals surface area contributed by atoms with Crippen molar-refractivity contribution in [2.75, 3.05) is 12.3 Å². The summed E-state index contributed by atoms with van der Waals surface area (Å²) in [4.78, 5) is 12.1. The standard InChI is InChI=1S/C13H13F2NO3S/c14-8-2-3-12(15)10(6-8)9-7-11(9)13(17)16-4-1-5-20(16,18)19/h2-3,6,9,11H,1,4-5,7H2/t9-,11-/m1/s1. The van der Waals surface area contributed by atoms with E-state index in [1.165, 1.54) is 0 Å². The Morgan fingerprint density at radius 1 is 1.30 bits per heavy atom. The van der Waals surface area contributed by atoms with Gasteiger partial charge in [-0.3, -0.25) is 4.79 Å². The molecule has 0 bridgehead atoms. The van der Waals surface area contributed by atoms with Crippen molar-refractivity contribution in [3.8, 4) is 0 Å². The summed E-state index contributed by atoms with van der Waals surface area (Å²) in [6, 6.07) is 3.12. The molecule has 1 saturated heterocycles. The molecule has 0 radical (unpaired) electrons. The van der Waals surface area contributed by atoms with Gasteiger partial charge in [0.05, 0.1) is 5.75 Å². The Hall–Kier alpha value is -1.50. The summed E-state index contributed by atoms with van der Waals surface area (Å²) in [7, 11) is -3.50. The van der Waals surface area contributed by atoms with Gasteiger partial charge in [0.2, 0.25) is 15.9 Å². The average molecular weight is 301 g/mol. The highest BCUT2D eigenvalue weighted by Gasteiger charge is 2.50. The fraction of sp³-hybridized carbons (Fsp3) is 0.462. The summed E-state index contributed by atoms with van der Waals surface area (Å²) in [5.41, 5.74) is 0.153. The van der Waals surface area contributed by atoms with Gasteiger partial charge in [0, 0.05) is 12.5 Å². The van der Waals surface area contributed by atoms with Crippen LogP contribution in [0.3, 0.4) is 0 Å². The molecule has 0 N–H and O–H groups in total. The first-order valence-electron chi connectivity index (χ1n) is 6.39. The Kier molecular flexibility index (Phi) is 3.04. The molecule has 1 saturated carbocycles. The van der Waals surface area contributed by atoms with E-state index in [2.05, 4.69) is 0 Å². The first-order chi connectivity index (χ1) is 9.40. The van der Waals surface area contributed by atoms with Crippen LogP contribution in [-0.2, 0) is 14.8 Å². The lowest BCUT2D eigenvalue weighted by Gasteiger charge is -2.14. The zero-order valence-electron chi connectivity index (χ0n) is 10.6. The molecule has 0 unspecified atom stereocenters. The monoisotopic (exact) mass is 301 g/mol. The van der Waals surface area contributed by atoms with E-state index in [0.29, 0.717) is 12.8 Å². The fourth-order valence-electron chi connectivity index (χ4n) is 2.68. The number of sulfonamides is 1. The van der Waals surface area contributed by atoms with Crippen molar-refractivity contribution in [2.24, 2.45) is 5.92 Å². The summed E-state index contributed by atoms with van der Waals surface area (Å²) in [5, 5.41) is 0. The molecule has 3 rings (SSSR count). The summed E-state index contributed by atoms with van der Waals surface area (Å²) in [6.45, 7) is 0.190. The van der Waals surface area contributed by atoms with Gasteiger partial charge >= 0.3 is 0 Å². The van der Waals surface area contributed by atoms with Gasteiger partial charge in [-0.1, -0.05) is 0 Å². The van der Waals surface area contributed by atoms with Crippen LogP contribution in [0.25, 0.3) is 0 Å². The van der Waals surface area contributed by atoms with Crippen LogP contribution in [0, 0.1) is 17.6 Å². The van der Waals surface area contributed by atoms with Crippen molar-refractivity contribution in [1.29, 1.82) is 0 Å². The number of rotatable bonds is 2. The zero-order valence-corrected chi connectivity index (χ0v) is 11.4. The topological polar surface area (TPSA) is 54.5 Å². The maximum atomic E-state index is 13.6. The second-order valence-corrected chi connectivity index (χ2v) is 7.21. The van der Waals surface area contributed by atoms with Gasteiger partial charge in [0.15, 0.2) is 0 Å². The van der Waals surface area contributed by atoms with E-state index < -0.39 is 39.4 Å². The Labute approximate surface area is 115 Å². The maximum absolute atomic E-state index is 13.6. The number of benzene rings is 1. The van der Waals surface area contributed by atoms with E-state index in [1.807, 2.05) is 0 Å². The van der Waals surface area contributed by atoms with Crippen LogP contribution in [0.5, 0.6) is 0 Å². The molecule has 2 atom stereocenters. The second-order valence-electron chi connectivity index (χ2n) is 5.19. The number of hydrogen-bond acceptors (Lipinski definition) is 3. The third kappa shape index (κ3) is 2.19. The molecular weight excluding hydrogens is 288 g/mol. The molecule has 1 aromatic carbocycles. The van der Waals surface area contributed by atoms with Crippen molar-refractivity contribution in [1.82, 2.24) is 4.31 Å². The number of carbonyl (C=O) groups is 1. The minimum absolute atomic E-state index is 0.0234. The molecule has 2 aliphatic rings. The smallest absolute Gasteiger partial charge is 0.239 e. The molecule has 108 valence electrons. The van der Waals surface area contributed by atoms with Gasteiger partial charge in [0.25, 0.3) is 0 Å². The molecule has 4 nitrogen and oxygen atoms in total. The lowest BCUT2D eigenvalue weighted by Crippen LogP contribution is -2.34. The van der Waals surface area contributed by atoms with Crippen LogP contribution < -0.4 is 0 Å². The zero-order chi connectivity index (χ0) is 14.5. The van der Waals surface area contributed by atoms with Crippen LogP contribution in [0.2, 0.25) is 0 Å². The Morgan fingerprint density at radius 2 is 2.05 bits per heavy atom. The predicted molar refractivity (Wildman–Crippen MR) is 67.3 cm³/mol. The van der Waals surface area contributed by atoms with Crippen LogP contribution in [0.15, 0.2) is 18.2 Å². The number of nitrogens with zero attached hydrogens (tertiary/aromatic N) is 1. The van der Waals surface area contributed by atoms with Gasteiger partial charge in [-0.05, 0) is 42.5 Å². The summed E-state index contributed by atoms with van der Waals surface area (Å²) < 4.78 is 51.0. The van der Waals surface area contributed by atoms with Gasteiger partial charge in [-0.25, -0.2) is 21.5 Å². The van der Waals surface area contributed by atoms with E-state index >= 15 is 0 Å². The highest BCUT2D eigenvalue weighted by atomic mass is 32.2. The van der Waals surface area contributed by atoms with E-state index in [1.54, 1.807) is 0 Å². The third-order valence-electron chi connectivity index (χ3n) is 3.81. The third-order valence-corrected chi connectivity index (χ3v) is 5.65. The van der Waals surface area contributed by atoms with Gasteiger partial charge < -0.3 is 0 Å². The van der Waals surface area contributed by atoms with E-state index in [-0.39, 0.29) is 17.9 Å². The first-order valence-corrected chi connectivity index (χ1v) is 8.00. The van der Waals surface area contributed by atoms with Crippen LogP contribution >= 0.6 is 0 Å². The van der Waals surface area contributed by atoms with Gasteiger partial charge in [0.1, 0.15) is 11.6 Å². The molecule has 2 fully saturated rings. The van der Waals surface area contributed by atoms with Crippen molar-refractivity contribution < 1.29 is 22.0 Å². The molecular formula is C13H13F2NO3S. The quantitative estimate of drug-likeness (QED) is 0.834. The Balaban J connectivity index is 1.79. The lowest BCUT2D eigenvalue weighted by atomic mass is 10.1. The largest absolute Gasteiger partial charge is 0.273 e. The summed E-state index contributed by atoms with van der Waals surface area (Å²) in [6.07, 6.45) is 0.797. The molecule has 1 amide bonds. The summed E-state index contributed by atoms with van der Waals surface area (Å²) >= 11 is 0. The minimum atomic E-state index is -3.50. The molecule has 0 spiro atoms. The van der Waals surface area contributed by atoms with Gasteiger partial charge in [-0.15, -0.1) is 0 Å². The van der Waals surface area contributed by atoms with E-state index in [4.69, 9.17) is 0 Å². The summed E-state index contributed by atoms with van der Waals surface area (Å²) in [5.74, 6) is -2.61. The highest BCUT2D eigenvalue weighted by Crippen LogP contribution is 2.49. The number of carbonyl (C=O) groups excluding carboxylic acids is 1.